The molecule has 300 valence electrons. The third-order valence-electron chi connectivity index (χ3n) is 13.4. The van der Waals surface area contributed by atoms with Gasteiger partial charge in [-0.25, -0.2) is 0 Å². The molecule has 3 heteroatoms. The van der Waals surface area contributed by atoms with E-state index in [0.29, 0.717) is 0 Å². The van der Waals surface area contributed by atoms with Crippen molar-refractivity contribution in [3.63, 3.8) is 0 Å². The van der Waals surface area contributed by atoms with Crippen molar-refractivity contribution >= 4 is 70.5 Å². The molecule has 0 bridgehead atoms. The Morgan fingerprint density at radius 2 is 0.891 bits per heavy atom. The van der Waals surface area contributed by atoms with E-state index in [4.69, 9.17) is 4.42 Å². The van der Waals surface area contributed by atoms with Crippen LogP contribution in [0.25, 0.3) is 75.5 Å². The molecule has 0 atom stereocenters. The molecule has 0 spiro atoms. The fourth-order valence-electron chi connectivity index (χ4n) is 10.5. The van der Waals surface area contributed by atoms with Gasteiger partial charge in [-0.3, -0.25) is 0 Å². The molecule has 1 aliphatic rings. The van der Waals surface area contributed by atoms with E-state index < -0.39 is 5.41 Å². The Balaban J connectivity index is 0.939. The van der Waals surface area contributed by atoms with Crippen LogP contribution in [0, 0.1) is 0 Å². The smallest absolute Gasteiger partial charge is 0.143 e. The first-order valence-corrected chi connectivity index (χ1v) is 22.7. The standard InChI is InChI=1S/C61H39NOS/c1-3-14-43(15-4-1)61(44-16-5-2-6-17-44)55-23-10-7-18-49(55)53-38-46(34-36-56(53)61)62(47-35-37-59-54(39-47)51-20-9-12-25-58(51)64-59)45-32-30-41(31-33-45)40-26-28-42(29-27-40)48-21-13-22-52-50-19-8-11-24-57(50)63-60(48)52/h1-39H. The Morgan fingerprint density at radius 1 is 0.344 bits per heavy atom. The summed E-state index contributed by atoms with van der Waals surface area (Å²) in [5.74, 6) is 0. The normalized spacial score (nSPS) is 12.8. The van der Waals surface area contributed by atoms with Gasteiger partial charge >= 0.3 is 0 Å². The predicted octanol–water partition coefficient (Wildman–Crippen LogP) is 17.1. The summed E-state index contributed by atoms with van der Waals surface area (Å²) in [4.78, 5) is 2.43. The summed E-state index contributed by atoms with van der Waals surface area (Å²) < 4.78 is 8.98. The Hall–Kier alpha value is -7.98. The van der Waals surface area contributed by atoms with Crippen molar-refractivity contribution in [3.05, 3.63) is 259 Å². The molecule has 12 aromatic rings. The van der Waals surface area contributed by atoms with Gasteiger partial charge in [0.1, 0.15) is 11.2 Å². The van der Waals surface area contributed by atoms with Crippen LogP contribution in [0.1, 0.15) is 22.3 Å². The molecule has 2 aromatic heterocycles. The number of fused-ring (bicyclic) bond motifs is 9. The van der Waals surface area contributed by atoms with Crippen molar-refractivity contribution in [1.82, 2.24) is 0 Å². The number of hydrogen-bond acceptors (Lipinski definition) is 3. The minimum atomic E-state index is -0.456. The van der Waals surface area contributed by atoms with E-state index in [0.717, 1.165) is 61.3 Å². The largest absolute Gasteiger partial charge is 0.455 e. The highest BCUT2D eigenvalue weighted by Crippen LogP contribution is 2.57. The number of benzene rings is 10. The second-order valence-electron chi connectivity index (χ2n) is 16.8. The van der Waals surface area contributed by atoms with Gasteiger partial charge in [-0.05, 0) is 105 Å². The molecule has 0 aliphatic heterocycles. The zero-order valence-corrected chi connectivity index (χ0v) is 35.6. The van der Waals surface area contributed by atoms with Crippen LogP contribution >= 0.6 is 11.3 Å². The van der Waals surface area contributed by atoms with E-state index in [2.05, 4.69) is 229 Å². The lowest BCUT2D eigenvalue weighted by Crippen LogP contribution is -2.28. The van der Waals surface area contributed by atoms with Gasteiger partial charge < -0.3 is 9.32 Å². The van der Waals surface area contributed by atoms with E-state index in [1.807, 2.05) is 23.5 Å². The van der Waals surface area contributed by atoms with Gasteiger partial charge in [-0.15, -0.1) is 11.3 Å². The van der Waals surface area contributed by atoms with Crippen LogP contribution in [0.2, 0.25) is 0 Å². The molecule has 2 nitrogen and oxygen atoms in total. The van der Waals surface area contributed by atoms with Gasteiger partial charge in [0.25, 0.3) is 0 Å². The van der Waals surface area contributed by atoms with E-state index in [1.54, 1.807) is 0 Å². The summed E-state index contributed by atoms with van der Waals surface area (Å²) >= 11 is 1.85. The number of furan rings is 1. The molecular formula is C61H39NOS. The number of nitrogens with zero attached hydrogens (tertiary/aromatic N) is 1. The van der Waals surface area contributed by atoms with E-state index in [1.165, 1.54) is 53.6 Å². The van der Waals surface area contributed by atoms with Crippen LogP contribution in [0.4, 0.5) is 17.1 Å². The molecule has 0 N–H and O–H groups in total. The van der Waals surface area contributed by atoms with Crippen LogP contribution in [-0.4, -0.2) is 0 Å². The molecule has 0 fully saturated rings. The molecule has 13 rings (SSSR count). The van der Waals surface area contributed by atoms with Crippen LogP contribution in [-0.2, 0) is 5.41 Å². The van der Waals surface area contributed by atoms with Crippen molar-refractivity contribution in [1.29, 1.82) is 0 Å². The maximum atomic E-state index is 6.39. The van der Waals surface area contributed by atoms with Crippen molar-refractivity contribution in [2.45, 2.75) is 5.41 Å². The van der Waals surface area contributed by atoms with Crippen molar-refractivity contribution in [2.24, 2.45) is 0 Å². The second-order valence-corrected chi connectivity index (χ2v) is 17.9. The molecule has 0 saturated heterocycles. The highest BCUT2D eigenvalue weighted by Gasteiger charge is 2.46. The molecule has 0 saturated carbocycles. The fourth-order valence-corrected chi connectivity index (χ4v) is 11.6. The summed E-state index contributed by atoms with van der Waals surface area (Å²) in [7, 11) is 0. The maximum Gasteiger partial charge on any atom is 0.143 e. The van der Waals surface area contributed by atoms with E-state index >= 15 is 0 Å². The number of thiophene rings is 1. The lowest BCUT2D eigenvalue weighted by atomic mass is 9.68. The predicted molar refractivity (Wildman–Crippen MR) is 269 cm³/mol. The Kier molecular flexibility index (Phi) is 8.34. The van der Waals surface area contributed by atoms with Crippen molar-refractivity contribution in [3.8, 4) is 33.4 Å². The van der Waals surface area contributed by atoms with Gasteiger partial charge in [0.05, 0.1) is 5.41 Å². The van der Waals surface area contributed by atoms with Gasteiger partial charge in [0.15, 0.2) is 0 Å². The molecule has 2 heterocycles. The van der Waals surface area contributed by atoms with Gasteiger partial charge in [0.2, 0.25) is 0 Å². The molecule has 0 unspecified atom stereocenters. The zero-order chi connectivity index (χ0) is 42.2. The van der Waals surface area contributed by atoms with Gasteiger partial charge in [-0.1, -0.05) is 182 Å². The molecule has 0 amide bonds. The Morgan fingerprint density at radius 3 is 1.67 bits per heavy atom. The molecule has 64 heavy (non-hydrogen) atoms. The van der Waals surface area contributed by atoms with Crippen molar-refractivity contribution in [2.75, 3.05) is 4.90 Å². The SMILES string of the molecule is c1ccc(C2(c3ccccc3)c3ccccc3-c3cc(N(c4ccc(-c5ccc(-c6cccc7c6oc6ccccc67)cc5)cc4)c4ccc5sc6ccccc6c5c4)ccc32)cc1. The van der Waals surface area contributed by atoms with E-state index in [9.17, 15) is 0 Å². The van der Waals surface area contributed by atoms with Crippen LogP contribution < -0.4 is 4.90 Å². The first kappa shape index (κ1) is 36.7. The van der Waals surface area contributed by atoms with Gasteiger partial charge in [-0.2, -0.15) is 0 Å². The summed E-state index contributed by atoms with van der Waals surface area (Å²) in [5.41, 5.74) is 16.9. The second kappa shape index (κ2) is 14.6. The first-order valence-electron chi connectivity index (χ1n) is 21.9. The molecular weight excluding hydrogens is 795 g/mol. The molecule has 10 aromatic carbocycles. The average Bonchev–Trinajstić information content (AvgIpc) is 4.03. The summed E-state index contributed by atoms with van der Waals surface area (Å²) in [6.07, 6.45) is 0. The topological polar surface area (TPSA) is 16.4 Å². The highest BCUT2D eigenvalue weighted by molar-refractivity contribution is 7.25. The Bertz CT molecular complexity index is 3670. The van der Waals surface area contributed by atoms with Crippen LogP contribution in [0.3, 0.4) is 0 Å². The Labute approximate surface area is 375 Å². The third-order valence-corrected chi connectivity index (χ3v) is 14.5. The zero-order valence-electron chi connectivity index (χ0n) is 34.8. The number of para-hydroxylation sites is 2. The minimum absolute atomic E-state index is 0.456. The van der Waals surface area contributed by atoms with Gasteiger partial charge in [0, 0.05) is 53.6 Å². The summed E-state index contributed by atoms with van der Waals surface area (Å²) in [5, 5.41) is 4.85. The quantitative estimate of drug-likeness (QED) is 0.159. The number of hydrogen-bond donors (Lipinski definition) is 0. The van der Waals surface area contributed by atoms with Crippen LogP contribution in [0.15, 0.2) is 241 Å². The maximum absolute atomic E-state index is 6.39. The minimum Gasteiger partial charge on any atom is -0.455 e. The summed E-state index contributed by atoms with van der Waals surface area (Å²) in [6, 6.07) is 86.5. The highest BCUT2D eigenvalue weighted by atomic mass is 32.1. The molecule has 1 aliphatic carbocycles. The number of rotatable bonds is 7. The lowest BCUT2D eigenvalue weighted by Gasteiger charge is -2.34. The van der Waals surface area contributed by atoms with Crippen molar-refractivity contribution < 1.29 is 4.42 Å². The van der Waals surface area contributed by atoms with Crippen LogP contribution in [0.5, 0.6) is 0 Å². The number of anilines is 3. The third kappa shape index (κ3) is 5.58. The first-order chi connectivity index (χ1) is 31.7. The lowest BCUT2D eigenvalue weighted by molar-refractivity contribution is 0.670. The average molecular weight is 834 g/mol. The van der Waals surface area contributed by atoms with E-state index in [-0.39, 0.29) is 0 Å². The monoisotopic (exact) mass is 833 g/mol. The molecule has 0 radical (unpaired) electrons. The fraction of sp³-hybridized carbons (Fsp3) is 0.0164. The summed E-state index contributed by atoms with van der Waals surface area (Å²) in [6.45, 7) is 0.